The summed E-state index contributed by atoms with van der Waals surface area (Å²) in [6, 6.07) is 0. The summed E-state index contributed by atoms with van der Waals surface area (Å²) in [5.41, 5.74) is 4.11. The molecule has 10 nitrogen and oxygen atoms in total. The van der Waals surface area contributed by atoms with E-state index >= 15 is 0 Å². The Bertz CT molecular complexity index is 1240. The molecule has 6 aliphatic rings. The molecule has 0 aromatic heterocycles. The van der Waals surface area contributed by atoms with Gasteiger partial charge >= 0.3 is 0 Å². The molecule has 0 spiro atoms. The lowest BCUT2D eigenvalue weighted by Crippen LogP contribution is -2.68. The molecule has 244 valence electrons. The van der Waals surface area contributed by atoms with Gasteiger partial charge in [0.15, 0.2) is 35.5 Å². The molecular weight excluding hydrogens is 586 g/mol. The molecule has 0 aromatic rings. The third-order valence-electron chi connectivity index (χ3n) is 11.6. The summed E-state index contributed by atoms with van der Waals surface area (Å²) < 4.78 is 30.7. The molecule has 11 atom stereocenters. The number of rotatable bonds is 10. The van der Waals surface area contributed by atoms with Crippen LogP contribution in [-0.2, 0) is 38.1 Å². The number of hydrogen-bond acceptors (Lipinski definition) is 10. The van der Waals surface area contributed by atoms with Crippen LogP contribution >= 0.6 is 12.6 Å². The molecule has 3 saturated carbocycles. The first kappa shape index (κ1) is 32.5. The van der Waals surface area contributed by atoms with Crippen molar-refractivity contribution in [2.45, 2.75) is 115 Å². The second kappa shape index (κ2) is 12.0. The highest BCUT2D eigenvalue weighted by Gasteiger charge is 2.80. The lowest BCUT2D eigenvalue weighted by molar-refractivity contribution is -0.220. The highest BCUT2D eigenvalue weighted by atomic mass is 32.1. The number of Topliss-reactive ketones (excluding diaryl/α,β-unsaturated/α-hetero) is 1. The van der Waals surface area contributed by atoms with Gasteiger partial charge in [-0.2, -0.15) is 0 Å². The summed E-state index contributed by atoms with van der Waals surface area (Å²) in [5.74, 6) is -0.399. The molecule has 6 rings (SSSR count). The molecule has 2 saturated heterocycles. The normalized spacial score (nSPS) is 46.1. The van der Waals surface area contributed by atoms with Gasteiger partial charge in [-0.1, -0.05) is 38.8 Å². The van der Waals surface area contributed by atoms with Crippen LogP contribution in [0.3, 0.4) is 0 Å². The molecule has 11 heteroatoms. The van der Waals surface area contributed by atoms with Crippen LogP contribution in [0.25, 0.3) is 0 Å². The van der Waals surface area contributed by atoms with Crippen molar-refractivity contribution in [2.75, 3.05) is 19.8 Å². The third kappa shape index (κ3) is 5.10. The largest absolute Gasteiger partial charge is 0.393 e. The first-order valence-electron chi connectivity index (χ1n) is 16.2. The molecule has 0 amide bonds. The zero-order chi connectivity index (χ0) is 31.5. The topological polar surface area (TPSA) is 144 Å². The minimum Gasteiger partial charge on any atom is -0.393 e. The molecule has 2 aliphatic heterocycles. The lowest BCUT2D eigenvalue weighted by Gasteiger charge is -2.59. The monoisotopic (exact) mass is 633 g/mol. The molecule has 2 heterocycles. The van der Waals surface area contributed by atoms with Gasteiger partial charge in [0.1, 0.15) is 13.2 Å². The second-order valence-electron chi connectivity index (χ2n) is 14.2. The van der Waals surface area contributed by atoms with Gasteiger partial charge in [-0.3, -0.25) is 14.4 Å². The first-order valence-corrected chi connectivity index (χ1v) is 16.7. The van der Waals surface area contributed by atoms with Crippen LogP contribution in [0, 0.1) is 28.6 Å². The van der Waals surface area contributed by atoms with E-state index in [0.29, 0.717) is 25.7 Å². The molecule has 0 bridgehead atoms. The average molecular weight is 634 g/mol. The number of carbonyl (C=O) groups excluding carboxylic acids is 3. The summed E-state index contributed by atoms with van der Waals surface area (Å²) in [6.45, 7) is 6.08. The fourth-order valence-corrected chi connectivity index (χ4v) is 9.95. The Labute approximate surface area is 264 Å². The average Bonchev–Trinajstić information content (AvgIpc) is 3.36. The van der Waals surface area contributed by atoms with Crippen molar-refractivity contribution < 1.29 is 43.2 Å². The number of carbonyl (C=O) groups is 3. The Morgan fingerprint density at radius 1 is 1.16 bits per heavy atom. The zero-order valence-electron chi connectivity index (χ0n) is 26.0. The van der Waals surface area contributed by atoms with E-state index < -0.39 is 40.8 Å². The number of hydrogen-bond donors (Lipinski definition) is 3. The van der Waals surface area contributed by atoms with Crippen LogP contribution < -0.4 is 5.73 Å². The van der Waals surface area contributed by atoms with Crippen LogP contribution in [-0.4, -0.2) is 77.7 Å². The van der Waals surface area contributed by atoms with Gasteiger partial charge in [0.25, 0.3) is 0 Å². The molecule has 44 heavy (non-hydrogen) atoms. The van der Waals surface area contributed by atoms with E-state index in [9.17, 15) is 19.5 Å². The maximum absolute atomic E-state index is 14.6. The Morgan fingerprint density at radius 3 is 2.70 bits per heavy atom. The number of nitrogens with two attached hydrogens (primary N) is 1. The molecule has 0 aromatic carbocycles. The number of aliphatic hydroxyl groups is 1. The van der Waals surface area contributed by atoms with E-state index in [4.69, 9.17) is 29.4 Å². The predicted molar refractivity (Wildman–Crippen MR) is 162 cm³/mol. The van der Waals surface area contributed by atoms with E-state index in [1.165, 1.54) is 0 Å². The predicted octanol–water partition coefficient (Wildman–Crippen LogP) is 3.40. The van der Waals surface area contributed by atoms with E-state index in [-0.39, 0.29) is 60.4 Å². The minimum atomic E-state index is -1.50. The van der Waals surface area contributed by atoms with Crippen LogP contribution in [0.15, 0.2) is 23.8 Å². The molecule has 4 aliphatic carbocycles. The van der Waals surface area contributed by atoms with Crippen molar-refractivity contribution in [3.05, 3.63) is 23.8 Å². The van der Waals surface area contributed by atoms with Crippen molar-refractivity contribution in [3.63, 3.8) is 0 Å². The van der Waals surface area contributed by atoms with Gasteiger partial charge in [0.2, 0.25) is 5.12 Å². The zero-order valence-corrected chi connectivity index (χ0v) is 26.9. The highest BCUT2D eigenvalue weighted by Crippen LogP contribution is 2.71. The lowest BCUT2D eigenvalue weighted by atomic mass is 9.46. The summed E-state index contributed by atoms with van der Waals surface area (Å²) >= 11 is 3.73. The van der Waals surface area contributed by atoms with Gasteiger partial charge in [-0.15, -0.1) is 12.6 Å². The summed E-state index contributed by atoms with van der Waals surface area (Å²) in [5, 5.41) is 11.6. The van der Waals surface area contributed by atoms with Crippen molar-refractivity contribution in [3.8, 4) is 0 Å². The minimum absolute atomic E-state index is 0.00996. The SMILES string of the molecule is CCCC1OC2(N)CC3C4CCC5=CC(=O)C=CC5(C)C4C(O)CC3(C)C2(C(=O)COC2CCCC(COCC(=O)S)O2)O1. The molecule has 3 N–H and O–H groups in total. The third-order valence-corrected chi connectivity index (χ3v) is 11.7. The van der Waals surface area contributed by atoms with Gasteiger partial charge in [-0.05, 0) is 75.4 Å². The van der Waals surface area contributed by atoms with Crippen LogP contribution in [0.2, 0.25) is 0 Å². The van der Waals surface area contributed by atoms with Gasteiger partial charge in [-0.25, -0.2) is 0 Å². The van der Waals surface area contributed by atoms with E-state index in [1.807, 2.05) is 19.9 Å². The number of aliphatic hydroxyl groups excluding tert-OH is 1. The van der Waals surface area contributed by atoms with Crippen molar-refractivity contribution in [2.24, 2.45) is 34.3 Å². The van der Waals surface area contributed by atoms with Crippen molar-refractivity contribution in [1.82, 2.24) is 0 Å². The van der Waals surface area contributed by atoms with E-state index in [1.54, 1.807) is 12.2 Å². The fraction of sp³-hybridized carbons (Fsp3) is 0.788. The smallest absolute Gasteiger partial charge is 0.211 e. The number of ketones is 2. The van der Waals surface area contributed by atoms with Crippen molar-refractivity contribution in [1.29, 1.82) is 0 Å². The Kier molecular flexibility index (Phi) is 8.85. The van der Waals surface area contributed by atoms with E-state index in [0.717, 1.165) is 37.7 Å². The quantitative estimate of drug-likeness (QED) is 0.306. The molecule has 0 radical (unpaired) electrons. The second-order valence-corrected chi connectivity index (χ2v) is 14.7. The highest BCUT2D eigenvalue weighted by molar-refractivity contribution is 7.96. The fourth-order valence-electron chi connectivity index (χ4n) is 9.86. The number of fused-ring (bicyclic) bond motifs is 7. The summed E-state index contributed by atoms with van der Waals surface area (Å²) in [4.78, 5) is 37.9. The van der Waals surface area contributed by atoms with Gasteiger partial charge in [0.05, 0.1) is 18.8 Å². The van der Waals surface area contributed by atoms with Crippen LogP contribution in [0.4, 0.5) is 0 Å². The van der Waals surface area contributed by atoms with Crippen LogP contribution in [0.5, 0.6) is 0 Å². The van der Waals surface area contributed by atoms with Crippen molar-refractivity contribution >= 4 is 29.3 Å². The van der Waals surface area contributed by atoms with E-state index in [2.05, 4.69) is 19.6 Å². The van der Waals surface area contributed by atoms with Crippen LogP contribution in [0.1, 0.15) is 78.6 Å². The Balaban J connectivity index is 1.25. The Hall–Kier alpha value is -1.44. The molecule has 5 fully saturated rings. The maximum Gasteiger partial charge on any atom is 0.211 e. The number of thiol groups is 1. The summed E-state index contributed by atoms with van der Waals surface area (Å²) in [7, 11) is 0. The number of ether oxygens (including phenoxy) is 5. The Morgan fingerprint density at radius 2 is 1.95 bits per heavy atom. The molecular formula is C33H47NO9S. The summed E-state index contributed by atoms with van der Waals surface area (Å²) in [6.07, 6.45) is 9.00. The molecule has 11 unspecified atom stereocenters. The number of allylic oxidation sites excluding steroid dienone is 4. The first-order chi connectivity index (χ1) is 20.9. The van der Waals surface area contributed by atoms with Gasteiger partial charge < -0.3 is 34.5 Å². The van der Waals surface area contributed by atoms with Gasteiger partial charge in [0, 0.05) is 16.7 Å². The maximum atomic E-state index is 14.6. The standard InChI is InChI=1S/C33H47NO9S/c1-4-6-28-42-32(34)14-23-22-10-9-19-13-20(35)11-12-30(19,2)29(22)24(36)15-31(23,3)33(32,43-28)25(37)17-40-27-8-5-7-21(41-27)16-39-18-26(38)44/h11-13,21-24,27-29,36H,4-10,14-18,34H2,1-3H3,(H,38,44).